The van der Waals surface area contributed by atoms with Gasteiger partial charge in [0.2, 0.25) is 0 Å². The molecular formula is C70H90N18O20P4. The molecule has 20 atom stereocenters. The summed E-state index contributed by atoms with van der Waals surface area (Å²) in [5, 5.41) is 57.2. The summed E-state index contributed by atoms with van der Waals surface area (Å²) in [7, 11) is -15.2. The van der Waals surface area contributed by atoms with E-state index in [0.29, 0.717) is 56.8 Å². The van der Waals surface area contributed by atoms with Crippen LogP contribution < -0.4 is 22.9 Å². The zero-order chi connectivity index (χ0) is 80.8. The molecule has 600 valence electrons. The van der Waals surface area contributed by atoms with Crippen molar-refractivity contribution in [3.05, 3.63) is 108 Å². The average Bonchev–Trinajstić information content (AvgIpc) is 1.60. The van der Waals surface area contributed by atoms with Crippen molar-refractivity contribution in [3.63, 3.8) is 0 Å². The van der Waals surface area contributed by atoms with Crippen molar-refractivity contribution in [3.8, 4) is 24.3 Å². The van der Waals surface area contributed by atoms with Gasteiger partial charge in [-0.3, -0.25) is 54.3 Å². The Morgan fingerprint density at radius 2 is 0.714 bits per heavy atom. The number of ether oxygens (including phenoxy) is 4. The third-order valence-corrected chi connectivity index (χ3v) is 25.9. The molecule has 8 N–H and O–H groups in total. The lowest BCUT2D eigenvalue weighted by Gasteiger charge is -2.35. The molecule has 0 saturated carbocycles. The second kappa shape index (κ2) is 30.4. The van der Waals surface area contributed by atoms with E-state index in [4.69, 9.17) is 96.2 Å². The van der Waals surface area contributed by atoms with Crippen LogP contribution in [0.4, 0.5) is 22.7 Å². The lowest BCUT2D eigenvalue weighted by atomic mass is 9.79. The van der Waals surface area contributed by atoms with Gasteiger partial charge < -0.3 is 41.9 Å². The molecule has 8 aromatic rings. The van der Waals surface area contributed by atoms with Crippen molar-refractivity contribution in [1.82, 2.24) is 48.4 Å². The largest absolute Gasteiger partial charge is 0.475 e. The Balaban J connectivity index is 0.000000131. The number of nitrogen functional groups attached to an aromatic ring is 4. The standard InChI is InChI=1S/2C19H25N4O5P.2C16H20N5O5P/c2*1-18(2,3)11-26-29(24)25-9-15-17(28-29)19(4,10-20)16(27-15)14-6-5-13-12(21)7-8-22-23(13)14;2*1-9(2)25-27(22)23-7-12-14(26-27)16(3,8-17)13(24-12)11-6-19-15-10(18)4-5-20-21(11)15/h2*5-8,15-17H,9,11,21H2,1-4H3;2*4-6,9,12-14H,7,18H2,1-3H3/t15-,16+,17-,19+,29+;15-,16+,17-,19+,29-;12-,13+,14-,16+,27+;12-,13+,14-,16+,27-/m1111/s1. The minimum atomic E-state index is -3.81. The van der Waals surface area contributed by atoms with E-state index in [0.717, 1.165) is 11.0 Å². The zero-order valence-electron chi connectivity index (χ0n) is 63.9. The van der Waals surface area contributed by atoms with Crippen molar-refractivity contribution in [1.29, 1.82) is 21.0 Å². The van der Waals surface area contributed by atoms with Crippen LogP contribution in [0.25, 0.3) is 22.3 Å². The summed E-state index contributed by atoms with van der Waals surface area (Å²) in [6.07, 6.45) is 0.492. The Kier molecular flexibility index (Phi) is 22.2. The van der Waals surface area contributed by atoms with Crippen LogP contribution in [0.1, 0.15) is 144 Å². The van der Waals surface area contributed by atoms with Gasteiger partial charge in [0.1, 0.15) is 94.9 Å². The lowest BCUT2D eigenvalue weighted by Crippen LogP contribution is -2.42. The molecule has 0 aromatic carbocycles. The molecule has 0 unspecified atom stereocenters. The van der Waals surface area contributed by atoms with Crippen LogP contribution >= 0.6 is 31.3 Å². The number of hydrogen-bond acceptors (Lipinski definition) is 34. The van der Waals surface area contributed by atoms with Gasteiger partial charge in [0.15, 0.2) is 11.3 Å². The summed E-state index contributed by atoms with van der Waals surface area (Å²) in [6.45, 7) is 25.9. The van der Waals surface area contributed by atoms with E-state index in [-0.39, 0.29) is 62.7 Å². The highest BCUT2D eigenvalue weighted by molar-refractivity contribution is 7.49. The van der Waals surface area contributed by atoms with Gasteiger partial charge in [0, 0.05) is 12.4 Å². The van der Waals surface area contributed by atoms with Gasteiger partial charge in [-0.15, -0.1) is 0 Å². The maximum atomic E-state index is 13.0. The van der Waals surface area contributed by atoms with Crippen LogP contribution in [0, 0.1) is 77.8 Å². The summed E-state index contributed by atoms with van der Waals surface area (Å²) in [4.78, 5) is 8.56. The Morgan fingerprint density at radius 1 is 0.438 bits per heavy atom. The number of rotatable bonds is 12. The van der Waals surface area contributed by atoms with Gasteiger partial charge in [0.05, 0.1) is 157 Å². The van der Waals surface area contributed by atoms with Crippen LogP contribution in [-0.4, -0.2) is 149 Å². The first-order valence-corrected chi connectivity index (χ1v) is 41.8. The molecule has 8 fully saturated rings. The Labute approximate surface area is 644 Å². The molecule has 38 nitrogen and oxygen atoms in total. The summed E-state index contributed by atoms with van der Waals surface area (Å²) in [5.74, 6) is 0. The van der Waals surface area contributed by atoms with Gasteiger partial charge in [-0.2, -0.15) is 41.4 Å². The molecule has 8 saturated heterocycles. The Morgan fingerprint density at radius 3 is 1.01 bits per heavy atom. The number of aromatic nitrogens is 10. The molecule has 42 heteroatoms. The summed E-state index contributed by atoms with van der Waals surface area (Å²) >= 11 is 0. The van der Waals surface area contributed by atoms with Crippen LogP contribution in [0.15, 0.2) is 85.7 Å². The molecule has 16 rings (SSSR count). The van der Waals surface area contributed by atoms with E-state index < -0.39 is 126 Å². The monoisotopic (exact) mass is 1630 g/mol. The van der Waals surface area contributed by atoms with Gasteiger partial charge >= 0.3 is 31.3 Å². The van der Waals surface area contributed by atoms with Gasteiger partial charge in [-0.1, -0.05) is 41.5 Å². The molecule has 0 spiro atoms. The molecule has 0 aliphatic carbocycles. The van der Waals surface area contributed by atoms with Crippen molar-refractivity contribution < 1.29 is 91.5 Å². The molecule has 8 aromatic heterocycles. The maximum Gasteiger partial charge on any atom is 0.475 e. The highest BCUT2D eigenvalue weighted by Crippen LogP contribution is 2.67. The number of imidazole rings is 2. The third-order valence-electron chi connectivity index (χ3n) is 19.9. The third kappa shape index (κ3) is 15.4. The fourth-order valence-corrected chi connectivity index (χ4v) is 21.0. The highest BCUT2D eigenvalue weighted by atomic mass is 31.2. The topological polar surface area (TPSA) is 510 Å². The number of anilines is 4. The molecular weight excluding hydrogens is 1540 g/mol. The molecule has 8 aliphatic rings. The fraction of sp³-hybridized carbons (Fsp3) is 0.571. The number of phosphoric ester groups is 4. The molecule has 0 amide bonds. The number of phosphoric acid groups is 4. The fourth-order valence-electron chi connectivity index (χ4n) is 14.3. The predicted octanol–water partition coefficient (Wildman–Crippen LogP) is 11.4. The number of hydrogen-bond donors (Lipinski definition) is 4. The van der Waals surface area contributed by atoms with Crippen molar-refractivity contribution in [2.75, 3.05) is 62.6 Å². The summed E-state index contributed by atoms with van der Waals surface area (Å²) in [6, 6.07) is 23.2. The number of nitriles is 4. The lowest BCUT2D eigenvalue weighted by molar-refractivity contribution is -0.0643. The van der Waals surface area contributed by atoms with E-state index in [1.807, 2.05) is 65.8 Å². The summed E-state index contributed by atoms with van der Waals surface area (Å²) in [5.41, 5.74) is 25.8. The molecule has 0 bridgehead atoms. The highest BCUT2D eigenvalue weighted by Gasteiger charge is 2.66. The number of nitrogens with two attached hydrogens (primary N) is 4. The SMILES string of the molecule is CC(C)(C)CO[P@@]1(=O)OC[C@H]2O[C@@H](c3ccc4c(N)ccnn34)[C@](C)(C#N)[C@@H]2O1.CC(C)(C)CO[P@]1(=O)OC[C@H]2O[C@@H](c3ccc4c(N)ccnn34)[C@](C)(C#N)[C@@H]2O1.CC(C)O[P@@]1(=O)OC[C@H]2O[C@@H](c3cnc4c(N)ccnn34)[C@](C)(C#N)[C@@H]2O1.CC(C)O[P@]1(=O)OC[C@H]2O[C@@H](c3cnc4c(N)ccnn34)[C@](C)(C#N)[C@@H]2O1. The van der Waals surface area contributed by atoms with Crippen molar-refractivity contribution in [2.45, 2.75) is 182 Å². The van der Waals surface area contributed by atoms with E-state index in [1.54, 1.807) is 126 Å². The molecule has 8 aliphatic heterocycles. The van der Waals surface area contributed by atoms with Crippen LogP contribution in [0.5, 0.6) is 0 Å². The normalized spacial score (nSPS) is 35.4. The predicted molar refractivity (Wildman–Crippen MR) is 396 cm³/mol. The van der Waals surface area contributed by atoms with Gasteiger partial charge in [-0.05, 0) is 115 Å². The Bertz CT molecular complexity index is 4960. The van der Waals surface area contributed by atoms with Crippen molar-refractivity contribution >= 4 is 76.4 Å². The van der Waals surface area contributed by atoms with E-state index in [1.165, 1.54) is 9.03 Å². The van der Waals surface area contributed by atoms with E-state index >= 15 is 0 Å². The summed E-state index contributed by atoms with van der Waals surface area (Å²) < 4.78 is 148. The van der Waals surface area contributed by atoms with E-state index in [9.17, 15) is 39.3 Å². The van der Waals surface area contributed by atoms with Crippen LogP contribution in [-0.2, 0) is 91.5 Å². The van der Waals surface area contributed by atoms with Crippen LogP contribution in [0.3, 0.4) is 0 Å². The smallest absolute Gasteiger partial charge is 0.397 e. The number of fused-ring (bicyclic) bond motifs is 8. The van der Waals surface area contributed by atoms with Gasteiger partial charge in [0.25, 0.3) is 0 Å². The first kappa shape index (κ1) is 82.1. The molecule has 16 heterocycles. The molecule has 0 radical (unpaired) electrons. The second-order valence-electron chi connectivity index (χ2n) is 31.9. The quantitative estimate of drug-likeness (QED) is 0.0825. The second-order valence-corrected chi connectivity index (χ2v) is 38.3. The van der Waals surface area contributed by atoms with Crippen LogP contribution in [0.2, 0.25) is 0 Å². The zero-order valence-corrected chi connectivity index (χ0v) is 67.5. The van der Waals surface area contributed by atoms with Crippen molar-refractivity contribution in [2.24, 2.45) is 32.5 Å². The minimum absolute atomic E-state index is 0.00522. The first-order valence-electron chi connectivity index (χ1n) is 35.9. The minimum Gasteiger partial charge on any atom is -0.397 e. The van der Waals surface area contributed by atoms with E-state index in [2.05, 4.69) is 54.6 Å². The maximum absolute atomic E-state index is 13.0. The average molecular weight is 1630 g/mol. The Hall–Kier alpha value is -7.94. The van der Waals surface area contributed by atoms with Gasteiger partial charge in [-0.25, -0.2) is 46.3 Å². The first-order chi connectivity index (χ1) is 52.7. The molecule has 112 heavy (non-hydrogen) atoms. The number of nitrogens with zero attached hydrogens (tertiary/aromatic N) is 14.